The van der Waals surface area contributed by atoms with Gasteiger partial charge in [-0.05, 0) is 18.4 Å². The van der Waals surface area contributed by atoms with E-state index in [2.05, 4.69) is 22.3 Å². The summed E-state index contributed by atoms with van der Waals surface area (Å²) >= 11 is 0. The van der Waals surface area contributed by atoms with E-state index in [1.54, 1.807) is 6.08 Å². The first-order chi connectivity index (χ1) is 31.0. The molecule has 3 heterocycles. The van der Waals surface area contributed by atoms with E-state index in [-0.39, 0.29) is 0 Å². The number of amides is 1. The van der Waals surface area contributed by atoms with Gasteiger partial charge in [-0.2, -0.15) is 0 Å². The molecule has 24 heteroatoms. The molecule has 3 saturated heterocycles. The van der Waals surface area contributed by atoms with Gasteiger partial charge in [-0.15, -0.1) is 0 Å². The second-order valence-electron chi connectivity index (χ2n) is 16.8. The van der Waals surface area contributed by atoms with Crippen LogP contribution in [0.1, 0.15) is 97.3 Å². The number of nitrogens with one attached hydrogen (secondary N) is 1. The van der Waals surface area contributed by atoms with Gasteiger partial charge in [0.1, 0.15) is 67.1 Å². The molecular formula is C41H72N4O20. The highest BCUT2D eigenvalue weighted by Gasteiger charge is 2.60. The average molecular weight is 941 g/mol. The summed E-state index contributed by atoms with van der Waals surface area (Å²) < 4.78 is 33.8. The molecular weight excluding hydrogens is 868 g/mol. The van der Waals surface area contributed by atoms with Crippen molar-refractivity contribution in [3.8, 4) is 0 Å². The minimum atomic E-state index is -3.07. The number of hydrogen-bond acceptors (Lipinski definition) is 20. The summed E-state index contributed by atoms with van der Waals surface area (Å²) in [5.74, 6) is -5.83. The largest absolute Gasteiger partial charge is 0.477 e. The fraction of sp³-hybridized carbons (Fsp3) is 0.902. The number of unbranched alkanes of at least 4 members (excludes halogenated alkanes) is 11. The van der Waals surface area contributed by atoms with Crippen molar-refractivity contribution in [1.82, 2.24) is 5.32 Å². The van der Waals surface area contributed by atoms with E-state index in [0.29, 0.717) is 6.42 Å². The molecule has 24 nitrogen and oxygen atoms in total. The maximum atomic E-state index is 12.8. The first kappa shape index (κ1) is 56.6. The lowest BCUT2D eigenvalue weighted by molar-refractivity contribution is -0.386. The van der Waals surface area contributed by atoms with Crippen LogP contribution >= 0.6 is 0 Å². The lowest BCUT2D eigenvalue weighted by atomic mass is 9.88. The number of hydrogen-bond donors (Lipinski definition) is 13. The lowest BCUT2D eigenvalue weighted by Gasteiger charge is -2.50. The Morgan fingerprint density at radius 2 is 1.45 bits per heavy atom. The maximum absolute atomic E-state index is 12.8. The molecule has 3 rings (SSSR count). The van der Waals surface area contributed by atoms with E-state index in [4.69, 9.17) is 34.0 Å². The minimum Gasteiger partial charge on any atom is -0.477 e. The van der Waals surface area contributed by atoms with Crippen LogP contribution in [0.2, 0.25) is 0 Å². The van der Waals surface area contributed by atoms with E-state index >= 15 is 0 Å². The molecule has 0 bridgehead atoms. The highest BCUT2D eigenvalue weighted by Crippen LogP contribution is 2.38. The quantitative estimate of drug-likeness (QED) is 0.0128. The number of azide groups is 1. The van der Waals surface area contributed by atoms with Gasteiger partial charge in [0.15, 0.2) is 12.6 Å². The zero-order valence-corrected chi connectivity index (χ0v) is 37.0. The fourth-order valence-corrected chi connectivity index (χ4v) is 8.04. The second-order valence-corrected chi connectivity index (χ2v) is 16.8. The number of carboxylic acid groups (broad SMARTS) is 1. The topological polar surface area (TPSA) is 393 Å². The summed E-state index contributed by atoms with van der Waals surface area (Å²) in [6.07, 6.45) is -12.7. The van der Waals surface area contributed by atoms with Crippen molar-refractivity contribution in [2.75, 3.05) is 26.4 Å². The third-order valence-electron chi connectivity index (χ3n) is 11.8. The van der Waals surface area contributed by atoms with Gasteiger partial charge in [-0.25, -0.2) is 4.79 Å². The Bertz CT molecular complexity index is 1480. The number of ether oxygens (including phenoxy) is 6. The van der Waals surface area contributed by atoms with E-state index in [1.165, 1.54) is 57.4 Å². The number of rotatable bonds is 29. The number of nitrogens with zero attached hydrogens (tertiary/aromatic N) is 3. The van der Waals surface area contributed by atoms with E-state index in [9.17, 15) is 70.9 Å². The van der Waals surface area contributed by atoms with Crippen molar-refractivity contribution in [2.45, 2.75) is 207 Å². The van der Waals surface area contributed by atoms with E-state index < -0.39 is 155 Å². The third-order valence-corrected chi connectivity index (χ3v) is 11.8. The fourth-order valence-electron chi connectivity index (χ4n) is 8.04. The van der Waals surface area contributed by atoms with Crippen LogP contribution in [0.15, 0.2) is 17.3 Å². The Hall–Kier alpha value is -2.69. The number of allylic oxidation sites excluding steroid dienone is 1. The third kappa shape index (κ3) is 16.2. The van der Waals surface area contributed by atoms with Gasteiger partial charge in [0, 0.05) is 18.3 Å². The van der Waals surface area contributed by atoms with Gasteiger partial charge in [-0.1, -0.05) is 88.4 Å². The number of carbonyl (C=O) groups excluding carboxylic acids is 1. The van der Waals surface area contributed by atoms with Gasteiger partial charge >= 0.3 is 5.97 Å². The smallest absolute Gasteiger partial charge is 0.364 e. The Morgan fingerprint density at radius 3 is 2.00 bits per heavy atom. The lowest BCUT2D eigenvalue weighted by Crippen LogP contribution is -2.70. The van der Waals surface area contributed by atoms with E-state index in [0.717, 1.165) is 26.2 Å². The molecule has 13 N–H and O–H groups in total. The number of aliphatic hydroxyl groups excluding tert-OH is 11. The molecule has 65 heavy (non-hydrogen) atoms. The van der Waals surface area contributed by atoms with Crippen LogP contribution in [-0.2, 0) is 38.0 Å². The summed E-state index contributed by atoms with van der Waals surface area (Å²) in [7, 11) is 0. The molecule has 18 atom stereocenters. The Balaban J connectivity index is 1.66. The molecule has 0 aliphatic carbocycles. The summed E-state index contributed by atoms with van der Waals surface area (Å²) in [6, 6.07) is -2.78. The van der Waals surface area contributed by atoms with Crippen molar-refractivity contribution < 1.29 is 99.3 Å². The standard InChI is InChI=1S/C41H72N4O20/c1-3-4-5-6-7-8-9-10-11-12-13-14-15-16-24(50)23(44-45-42)21-60-38-33(56)32(55)35(28(20-48)62-38)63-39-34(57)37(31(54)27(19-47)61-39)65-41(40(58)59)17-25(51)29(43-22(2)49)36(64-41)30(53)26(52)18-46/h15-16,23-39,46-48,50-57H,3-14,17-21H2,1-2H3,(H,43,49)(H,58,59)/t23-,24+,25?,26?,27?,28?,29?,30?,31?,32?,33?,34?,35?,36?,37?,38?,39?,41?/m0/s1. The van der Waals surface area contributed by atoms with Crippen LogP contribution in [0.5, 0.6) is 0 Å². The molecule has 3 fully saturated rings. The first-order valence-corrected chi connectivity index (χ1v) is 22.4. The van der Waals surface area contributed by atoms with Crippen LogP contribution < -0.4 is 5.32 Å². The molecule has 376 valence electrons. The molecule has 0 spiro atoms. The molecule has 16 unspecified atom stereocenters. The molecule has 0 aromatic carbocycles. The van der Waals surface area contributed by atoms with Gasteiger partial charge in [0.2, 0.25) is 5.91 Å². The van der Waals surface area contributed by atoms with Crippen LogP contribution in [-0.4, -0.2) is 209 Å². The van der Waals surface area contributed by atoms with Crippen LogP contribution in [0, 0.1) is 0 Å². The van der Waals surface area contributed by atoms with Crippen molar-refractivity contribution >= 4 is 11.9 Å². The van der Waals surface area contributed by atoms with Crippen molar-refractivity contribution in [2.24, 2.45) is 5.11 Å². The zero-order valence-electron chi connectivity index (χ0n) is 37.0. The highest BCUT2D eigenvalue weighted by atomic mass is 16.8. The van der Waals surface area contributed by atoms with Crippen LogP contribution in [0.3, 0.4) is 0 Å². The summed E-state index contributed by atoms with van der Waals surface area (Å²) in [6.45, 7) is -0.276. The summed E-state index contributed by atoms with van der Waals surface area (Å²) in [5, 5.41) is 133. The van der Waals surface area contributed by atoms with Crippen molar-refractivity contribution in [3.05, 3.63) is 22.6 Å². The summed E-state index contributed by atoms with van der Waals surface area (Å²) in [4.78, 5) is 27.5. The SMILES string of the molecule is CCCCCCCCCCCCCC=C[C@@H](O)[C@H](COC1OC(CO)C(OC2OC(CO)C(O)C(OC3(C(=O)O)CC(O)C(NC(C)=O)C(C(O)C(O)CO)O3)C2O)C(O)C1O)N=[N+]=[N-]. The number of carbonyl (C=O) groups is 2. The number of aliphatic hydroxyl groups is 11. The molecule has 3 aliphatic rings. The van der Waals surface area contributed by atoms with Crippen molar-refractivity contribution in [3.63, 3.8) is 0 Å². The van der Waals surface area contributed by atoms with Crippen molar-refractivity contribution in [1.29, 1.82) is 0 Å². The molecule has 1 amide bonds. The average Bonchev–Trinajstić information content (AvgIpc) is 3.28. The predicted molar refractivity (Wildman–Crippen MR) is 223 cm³/mol. The monoisotopic (exact) mass is 940 g/mol. The number of carboxylic acids is 1. The highest BCUT2D eigenvalue weighted by molar-refractivity contribution is 5.76. The normalized spacial score (nSPS) is 34.9. The molecule has 3 aliphatic heterocycles. The molecule has 0 aromatic rings. The van der Waals surface area contributed by atoms with Gasteiger partial charge in [0.25, 0.3) is 5.79 Å². The maximum Gasteiger partial charge on any atom is 0.364 e. The first-order valence-electron chi connectivity index (χ1n) is 22.4. The van der Waals surface area contributed by atoms with Crippen LogP contribution in [0.25, 0.3) is 10.4 Å². The number of aliphatic carboxylic acids is 1. The predicted octanol–water partition coefficient (Wildman–Crippen LogP) is -1.90. The molecule has 0 aromatic heterocycles. The molecule has 0 radical (unpaired) electrons. The Kier molecular flexibility index (Phi) is 24.9. The Morgan fingerprint density at radius 1 is 0.846 bits per heavy atom. The van der Waals surface area contributed by atoms with Gasteiger partial charge in [-0.3, -0.25) is 4.79 Å². The van der Waals surface area contributed by atoms with E-state index in [1.807, 2.05) is 0 Å². The Labute approximate surface area is 377 Å². The molecule has 0 saturated carbocycles. The summed E-state index contributed by atoms with van der Waals surface area (Å²) in [5.41, 5.74) is 9.15. The zero-order chi connectivity index (χ0) is 48.3. The van der Waals surface area contributed by atoms with Gasteiger partial charge in [0.05, 0.1) is 50.7 Å². The second kappa shape index (κ2) is 28.6. The van der Waals surface area contributed by atoms with Crippen LogP contribution in [0.4, 0.5) is 0 Å². The van der Waals surface area contributed by atoms with Gasteiger partial charge < -0.3 is 95.0 Å². The minimum absolute atomic E-state index is 0.518.